The van der Waals surface area contributed by atoms with Crippen molar-refractivity contribution in [1.82, 2.24) is 5.32 Å². The molecule has 2 unspecified atom stereocenters. The Morgan fingerprint density at radius 2 is 1.81 bits per heavy atom. The first-order valence-electron chi connectivity index (χ1n) is 6.10. The monoisotopic (exact) mass is 221 g/mol. The Morgan fingerprint density at radius 1 is 1.19 bits per heavy atom. The van der Waals surface area contributed by atoms with E-state index in [0.717, 1.165) is 12.0 Å². The van der Waals surface area contributed by atoms with Gasteiger partial charge in [-0.05, 0) is 18.4 Å². The average molecular weight is 221 g/mol. The van der Waals surface area contributed by atoms with Crippen LogP contribution in [0.5, 0.6) is 0 Å². The van der Waals surface area contributed by atoms with Gasteiger partial charge in [-0.25, -0.2) is 0 Å². The predicted octanol–water partition coefficient (Wildman–Crippen LogP) is 2.74. The lowest BCUT2D eigenvalue weighted by atomic mass is 9.98. The van der Waals surface area contributed by atoms with Crippen LogP contribution in [0.25, 0.3) is 0 Å². The lowest BCUT2D eigenvalue weighted by Gasteiger charge is -2.26. The van der Waals surface area contributed by atoms with Crippen LogP contribution < -0.4 is 5.32 Å². The molecule has 90 valence electrons. The average Bonchev–Trinajstić information content (AvgIpc) is 2.35. The summed E-state index contributed by atoms with van der Waals surface area (Å²) in [4.78, 5) is 0. The van der Waals surface area contributed by atoms with Crippen LogP contribution in [0.1, 0.15) is 38.8 Å². The zero-order valence-corrected chi connectivity index (χ0v) is 10.5. The predicted molar refractivity (Wildman–Crippen MR) is 68.3 cm³/mol. The largest absolute Gasteiger partial charge is 0.394 e. The molecule has 3 atom stereocenters. The molecule has 0 saturated carbocycles. The van der Waals surface area contributed by atoms with E-state index in [1.54, 1.807) is 0 Å². The highest BCUT2D eigenvalue weighted by molar-refractivity contribution is 5.19. The van der Waals surface area contributed by atoms with Crippen LogP contribution in [0.15, 0.2) is 30.3 Å². The zero-order valence-electron chi connectivity index (χ0n) is 10.5. The minimum Gasteiger partial charge on any atom is -0.394 e. The third kappa shape index (κ3) is 3.62. The summed E-state index contributed by atoms with van der Waals surface area (Å²) in [5.74, 6) is 0.623. The molecule has 1 aromatic rings. The molecule has 0 amide bonds. The van der Waals surface area contributed by atoms with E-state index >= 15 is 0 Å². The molecule has 0 radical (unpaired) electrons. The number of rotatable bonds is 6. The highest BCUT2D eigenvalue weighted by atomic mass is 16.3. The van der Waals surface area contributed by atoms with Crippen molar-refractivity contribution in [3.05, 3.63) is 35.9 Å². The maximum absolute atomic E-state index is 9.42. The van der Waals surface area contributed by atoms with Crippen molar-refractivity contribution in [2.45, 2.75) is 39.3 Å². The molecule has 0 aliphatic rings. The molecule has 0 heterocycles. The second kappa shape index (κ2) is 6.66. The molecule has 0 fully saturated rings. The van der Waals surface area contributed by atoms with E-state index in [1.807, 2.05) is 18.2 Å². The Morgan fingerprint density at radius 3 is 2.31 bits per heavy atom. The van der Waals surface area contributed by atoms with E-state index < -0.39 is 0 Å². The minimum atomic E-state index is 0.0465. The van der Waals surface area contributed by atoms with Gasteiger partial charge in [-0.15, -0.1) is 0 Å². The standard InChI is InChI=1S/C14H23NO/c1-4-11(2)12(3)15-14(10-16)13-8-6-5-7-9-13/h5-9,11-12,14-16H,4,10H2,1-3H3/t11?,12?,14-/m0/s1. The number of hydrogen-bond donors (Lipinski definition) is 2. The Balaban J connectivity index is 2.62. The lowest BCUT2D eigenvalue weighted by molar-refractivity contribution is 0.221. The first-order valence-corrected chi connectivity index (χ1v) is 6.10. The van der Waals surface area contributed by atoms with Gasteiger partial charge in [0, 0.05) is 6.04 Å². The van der Waals surface area contributed by atoms with Crippen LogP contribution in [0.4, 0.5) is 0 Å². The van der Waals surface area contributed by atoms with Crippen molar-refractivity contribution in [2.24, 2.45) is 5.92 Å². The molecular weight excluding hydrogens is 198 g/mol. The van der Waals surface area contributed by atoms with E-state index in [4.69, 9.17) is 0 Å². The SMILES string of the molecule is CCC(C)C(C)N[C@@H](CO)c1ccccc1. The Kier molecular flexibility index (Phi) is 5.50. The van der Waals surface area contributed by atoms with Gasteiger partial charge in [0.1, 0.15) is 0 Å². The van der Waals surface area contributed by atoms with Gasteiger partial charge in [0.25, 0.3) is 0 Å². The molecule has 2 N–H and O–H groups in total. The maximum Gasteiger partial charge on any atom is 0.0626 e. The summed E-state index contributed by atoms with van der Waals surface area (Å²) >= 11 is 0. The van der Waals surface area contributed by atoms with Crippen LogP contribution in [-0.2, 0) is 0 Å². The van der Waals surface area contributed by atoms with Crippen LogP contribution in [-0.4, -0.2) is 17.8 Å². The van der Waals surface area contributed by atoms with Gasteiger partial charge in [0.05, 0.1) is 12.6 Å². The molecule has 1 rings (SSSR count). The summed E-state index contributed by atoms with van der Waals surface area (Å²) in [5, 5.41) is 12.9. The highest BCUT2D eigenvalue weighted by Gasteiger charge is 2.16. The molecule has 0 aromatic heterocycles. The Hall–Kier alpha value is -0.860. The van der Waals surface area contributed by atoms with E-state index in [2.05, 4.69) is 38.2 Å². The second-order valence-corrected chi connectivity index (χ2v) is 4.49. The zero-order chi connectivity index (χ0) is 12.0. The van der Waals surface area contributed by atoms with Gasteiger partial charge >= 0.3 is 0 Å². The molecular formula is C14H23NO. The third-order valence-electron chi connectivity index (χ3n) is 3.35. The minimum absolute atomic E-state index is 0.0465. The number of aliphatic hydroxyl groups excluding tert-OH is 1. The lowest BCUT2D eigenvalue weighted by Crippen LogP contribution is -2.36. The number of hydrogen-bond acceptors (Lipinski definition) is 2. The number of aliphatic hydroxyl groups is 1. The van der Waals surface area contributed by atoms with Crippen molar-refractivity contribution in [1.29, 1.82) is 0 Å². The number of nitrogens with one attached hydrogen (secondary N) is 1. The molecule has 0 bridgehead atoms. The van der Waals surface area contributed by atoms with Crippen LogP contribution >= 0.6 is 0 Å². The third-order valence-corrected chi connectivity index (χ3v) is 3.35. The Labute approximate surface area is 98.7 Å². The van der Waals surface area contributed by atoms with Crippen molar-refractivity contribution in [3.8, 4) is 0 Å². The topological polar surface area (TPSA) is 32.3 Å². The van der Waals surface area contributed by atoms with Gasteiger partial charge in [0.2, 0.25) is 0 Å². The van der Waals surface area contributed by atoms with Gasteiger partial charge in [-0.3, -0.25) is 0 Å². The van der Waals surface area contributed by atoms with Gasteiger partial charge in [-0.1, -0.05) is 50.6 Å². The van der Waals surface area contributed by atoms with Crippen molar-refractivity contribution in [2.75, 3.05) is 6.61 Å². The fraction of sp³-hybridized carbons (Fsp3) is 0.571. The second-order valence-electron chi connectivity index (χ2n) is 4.49. The first-order chi connectivity index (χ1) is 7.69. The summed E-state index contributed by atoms with van der Waals surface area (Å²) in [5.41, 5.74) is 1.15. The Bertz CT molecular complexity index is 286. The fourth-order valence-electron chi connectivity index (χ4n) is 1.77. The van der Waals surface area contributed by atoms with Gasteiger partial charge in [0.15, 0.2) is 0 Å². The van der Waals surface area contributed by atoms with Crippen molar-refractivity contribution < 1.29 is 5.11 Å². The molecule has 0 aliphatic heterocycles. The van der Waals surface area contributed by atoms with Crippen molar-refractivity contribution >= 4 is 0 Å². The van der Waals surface area contributed by atoms with E-state index in [1.165, 1.54) is 0 Å². The summed E-state index contributed by atoms with van der Waals surface area (Å²) in [6.45, 7) is 6.75. The first kappa shape index (κ1) is 13.2. The van der Waals surface area contributed by atoms with Crippen LogP contribution in [0, 0.1) is 5.92 Å². The normalized spacial score (nSPS) is 16.8. The van der Waals surface area contributed by atoms with Gasteiger partial charge in [-0.2, -0.15) is 0 Å². The summed E-state index contributed by atoms with van der Waals surface area (Å²) in [6.07, 6.45) is 1.15. The molecule has 0 aliphatic carbocycles. The van der Waals surface area contributed by atoms with Gasteiger partial charge < -0.3 is 10.4 Å². The smallest absolute Gasteiger partial charge is 0.0626 e. The summed E-state index contributed by atoms with van der Waals surface area (Å²) in [7, 11) is 0. The maximum atomic E-state index is 9.42. The van der Waals surface area contributed by atoms with Crippen LogP contribution in [0.2, 0.25) is 0 Å². The molecule has 0 spiro atoms. The number of benzene rings is 1. The van der Waals surface area contributed by atoms with Crippen LogP contribution in [0.3, 0.4) is 0 Å². The molecule has 1 aromatic carbocycles. The van der Waals surface area contributed by atoms with Crippen molar-refractivity contribution in [3.63, 3.8) is 0 Å². The fourth-order valence-corrected chi connectivity index (χ4v) is 1.77. The van der Waals surface area contributed by atoms with E-state index in [9.17, 15) is 5.11 Å². The summed E-state index contributed by atoms with van der Waals surface area (Å²) in [6, 6.07) is 10.6. The summed E-state index contributed by atoms with van der Waals surface area (Å²) < 4.78 is 0. The molecule has 16 heavy (non-hydrogen) atoms. The van der Waals surface area contributed by atoms with E-state index in [-0.39, 0.29) is 12.6 Å². The highest BCUT2D eigenvalue weighted by Crippen LogP contribution is 2.15. The van der Waals surface area contributed by atoms with E-state index in [0.29, 0.717) is 12.0 Å². The molecule has 2 heteroatoms. The quantitative estimate of drug-likeness (QED) is 0.774. The molecule has 2 nitrogen and oxygen atoms in total. The molecule has 0 saturated heterocycles.